The van der Waals surface area contributed by atoms with Crippen molar-refractivity contribution < 1.29 is 9.13 Å². The molecule has 1 saturated heterocycles. The standard InChI is InChI=1S/C18H23FN10O/c1-10-6-14(28-27-10)23-17-24-16(22-12(3)15-20-7-13(19)8-21-15)25-18(26-17)29-4-5-30-11(2)9-29/h6-8,11-12H,4-5,9H2,1-3H3,(H3,22,23,24,25,26,27,28)/t11?,12-/m0/s1. The minimum atomic E-state index is -0.490. The van der Waals surface area contributed by atoms with Gasteiger partial charge >= 0.3 is 0 Å². The van der Waals surface area contributed by atoms with E-state index in [1.54, 1.807) is 0 Å². The van der Waals surface area contributed by atoms with Crippen molar-refractivity contribution >= 4 is 23.7 Å². The second kappa shape index (κ2) is 8.53. The summed E-state index contributed by atoms with van der Waals surface area (Å²) in [6, 6.07) is 1.51. The third kappa shape index (κ3) is 4.76. The molecule has 4 heterocycles. The predicted molar refractivity (Wildman–Crippen MR) is 108 cm³/mol. The Hall–Kier alpha value is -3.41. The summed E-state index contributed by atoms with van der Waals surface area (Å²) < 4.78 is 18.7. The van der Waals surface area contributed by atoms with Gasteiger partial charge in [-0.15, -0.1) is 0 Å². The number of nitrogens with zero attached hydrogens (tertiary/aromatic N) is 7. The van der Waals surface area contributed by atoms with Crippen molar-refractivity contribution in [2.75, 3.05) is 35.2 Å². The van der Waals surface area contributed by atoms with Crippen LogP contribution in [-0.2, 0) is 4.74 Å². The van der Waals surface area contributed by atoms with Crippen molar-refractivity contribution in [1.82, 2.24) is 35.1 Å². The SMILES string of the molecule is Cc1cc(Nc2nc(N[C@@H](C)c3ncc(F)cn3)nc(N3CCOC(C)C3)n2)n[nH]1. The van der Waals surface area contributed by atoms with Crippen molar-refractivity contribution in [2.45, 2.75) is 32.9 Å². The van der Waals surface area contributed by atoms with Crippen LogP contribution in [0.15, 0.2) is 18.5 Å². The zero-order valence-corrected chi connectivity index (χ0v) is 16.9. The van der Waals surface area contributed by atoms with Crippen molar-refractivity contribution in [1.29, 1.82) is 0 Å². The quantitative estimate of drug-likeness (QED) is 0.550. The van der Waals surface area contributed by atoms with Gasteiger partial charge in [0.05, 0.1) is 31.1 Å². The lowest BCUT2D eigenvalue weighted by molar-refractivity contribution is 0.0526. The fourth-order valence-electron chi connectivity index (χ4n) is 3.03. The molecular weight excluding hydrogens is 391 g/mol. The summed E-state index contributed by atoms with van der Waals surface area (Å²) >= 11 is 0. The highest BCUT2D eigenvalue weighted by Crippen LogP contribution is 2.21. The van der Waals surface area contributed by atoms with Gasteiger partial charge in [0.15, 0.2) is 11.6 Å². The first-order chi connectivity index (χ1) is 14.5. The third-order valence-corrected chi connectivity index (χ3v) is 4.47. The van der Waals surface area contributed by atoms with Gasteiger partial charge in [-0.25, -0.2) is 14.4 Å². The number of rotatable bonds is 6. The summed E-state index contributed by atoms with van der Waals surface area (Å²) in [4.78, 5) is 23.6. The summed E-state index contributed by atoms with van der Waals surface area (Å²) in [6.45, 7) is 7.69. The summed E-state index contributed by atoms with van der Waals surface area (Å²) in [7, 11) is 0. The second-order valence-electron chi connectivity index (χ2n) is 7.10. The molecule has 0 aliphatic carbocycles. The Balaban J connectivity index is 1.61. The van der Waals surface area contributed by atoms with E-state index in [0.717, 1.165) is 18.1 Å². The Morgan fingerprint density at radius 1 is 1.23 bits per heavy atom. The summed E-state index contributed by atoms with van der Waals surface area (Å²) in [6.07, 6.45) is 2.33. The first kappa shape index (κ1) is 19.9. The van der Waals surface area contributed by atoms with E-state index in [4.69, 9.17) is 4.74 Å². The second-order valence-corrected chi connectivity index (χ2v) is 7.10. The van der Waals surface area contributed by atoms with E-state index in [1.165, 1.54) is 0 Å². The average Bonchev–Trinajstić information content (AvgIpc) is 3.13. The number of hydrogen-bond acceptors (Lipinski definition) is 10. The smallest absolute Gasteiger partial charge is 0.235 e. The summed E-state index contributed by atoms with van der Waals surface area (Å²) in [5.74, 6) is 1.74. The number of hydrogen-bond donors (Lipinski definition) is 3. The van der Waals surface area contributed by atoms with E-state index in [1.807, 2.05) is 31.7 Å². The molecular formula is C18H23FN10O. The molecule has 4 rings (SSSR count). The number of anilines is 4. The molecule has 0 bridgehead atoms. The number of H-pyrrole nitrogens is 1. The highest BCUT2D eigenvalue weighted by Gasteiger charge is 2.22. The Kier molecular flexibility index (Phi) is 5.65. The summed E-state index contributed by atoms with van der Waals surface area (Å²) in [5.41, 5.74) is 0.911. The summed E-state index contributed by atoms with van der Waals surface area (Å²) in [5, 5.41) is 13.3. The lowest BCUT2D eigenvalue weighted by Crippen LogP contribution is -2.42. The van der Waals surface area contributed by atoms with E-state index in [-0.39, 0.29) is 12.1 Å². The maximum absolute atomic E-state index is 13.1. The molecule has 158 valence electrons. The van der Waals surface area contributed by atoms with Gasteiger partial charge in [0.2, 0.25) is 17.8 Å². The van der Waals surface area contributed by atoms with E-state index in [9.17, 15) is 4.39 Å². The Bertz CT molecular complexity index is 995. The van der Waals surface area contributed by atoms with Crippen LogP contribution >= 0.6 is 0 Å². The van der Waals surface area contributed by atoms with Crippen LogP contribution in [0.2, 0.25) is 0 Å². The molecule has 2 atom stereocenters. The molecule has 1 aliphatic rings. The first-order valence-corrected chi connectivity index (χ1v) is 9.62. The van der Waals surface area contributed by atoms with Crippen molar-refractivity contribution in [3.63, 3.8) is 0 Å². The Morgan fingerprint density at radius 2 is 2.00 bits per heavy atom. The molecule has 3 aromatic rings. The van der Waals surface area contributed by atoms with Crippen LogP contribution in [-0.4, -0.2) is 60.9 Å². The molecule has 12 heteroatoms. The molecule has 30 heavy (non-hydrogen) atoms. The molecule has 1 aliphatic heterocycles. The minimum Gasteiger partial charge on any atom is -0.375 e. The molecule has 1 fully saturated rings. The van der Waals surface area contributed by atoms with Crippen molar-refractivity contribution in [3.8, 4) is 0 Å². The maximum Gasteiger partial charge on any atom is 0.235 e. The van der Waals surface area contributed by atoms with E-state index in [2.05, 4.69) is 45.8 Å². The Labute approximate surface area is 172 Å². The number of nitrogens with one attached hydrogen (secondary N) is 3. The maximum atomic E-state index is 13.1. The molecule has 3 N–H and O–H groups in total. The van der Waals surface area contributed by atoms with Gasteiger partial charge in [-0.05, 0) is 20.8 Å². The fourth-order valence-corrected chi connectivity index (χ4v) is 3.03. The molecule has 0 amide bonds. The molecule has 1 unspecified atom stereocenters. The zero-order chi connectivity index (χ0) is 21.1. The molecule has 0 radical (unpaired) electrons. The van der Waals surface area contributed by atoms with Crippen molar-refractivity contribution in [2.24, 2.45) is 0 Å². The van der Waals surface area contributed by atoms with Gasteiger partial charge in [0.1, 0.15) is 5.82 Å². The largest absolute Gasteiger partial charge is 0.375 e. The lowest BCUT2D eigenvalue weighted by atomic mass is 10.3. The number of aryl methyl sites for hydroxylation is 1. The van der Waals surface area contributed by atoms with Crippen LogP contribution in [0.1, 0.15) is 31.4 Å². The van der Waals surface area contributed by atoms with Gasteiger partial charge in [-0.2, -0.15) is 20.1 Å². The lowest BCUT2D eigenvalue weighted by Gasteiger charge is -2.31. The van der Waals surface area contributed by atoms with Crippen LogP contribution in [0, 0.1) is 12.7 Å². The monoisotopic (exact) mass is 414 g/mol. The minimum absolute atomic E-state index is 0.0730. The van der Waals surface area contributed by atoms with Gasteiger partial charge in [0, 0.05) is 24.8 Å². The highest BCUT2D eigenvalue weighted by atomic mass is 19.1. The normalized spacial score (nSPS) is 17.6. The fraction of sp³-hybridized carbons (Fsp3) is 0.444. The molecule has 0 saturated carbocycles. The number of ether oxygens (including phenoxy) is 1. The molecule has 0 spiro atoms. The van der Waals surface area contributed by atoms with Crippen molar-refractivity contribution in [3.05, 3.63) is 35.8 Å². The third-order valence-electron chi connectivity index (χ3n) is 4.47. The van der Waals surface area contributed by atoms with Crippen LogP contribution in [0.4, 0.5) is 28.1 Å². The van der Waals surface area contributed by atoms with Gasteiger partial charge in [-0.1, -0.05) is 0 Å². The average molecular weight is 414 g/mol. The van der Waals surface area contributed by atoms with Crippen LogP contribution in [0.25, 0.3) is 0 Å². The molecule has 0 aromatic carbocycles. The van der Waals surface area contributed by atoms with Gasteiger partial charge in [0.25, 0.3) is 0 Å². The van der Waals surface area contributed by atoms with E-state index >= 15 is 0 Å². The number of aromatic amines is 1. The zero-order valence-electron chi connectivity index (χ0n) is 16.9. The number of halogens is 1. The Morgan fingerprint density at radius 3 is 2.70 bits per heavy atom. The molecule has 11 nitrogen and oxygen atoms in total. The van der Waals surface area contributed by atoms with Gasteiger partial charge < -0.3 is 20.3 Å². The predicted octanol–water partition coefficient (Wildman–Crippen LogP) is 1.97. The van der Waals surface area contributed by atoms with Crippen LogP contribution in [0.5, 0.6) is 0 Å². The van der Waals surface area contributed by atoms with E-state index < -0.39 is 5.82 Å². The topological polar surface area (TPSA) is 130 Å². The number of aromatic nitrogens is 7. The molecule has 3 aromatic heterocycles. The van der Waals surface area contributed by atoms with Gasteiger partial charge in [-0.3, -0.25) is 5.10 Å². The number of morpholine rings is 1. The first-order valence-electron chi connectivity index (χ1n) is 9.62. The van der Waals surface area contributed by atoms with Crippen LogP contribution < -0.4 is 15.5 Å². The highest BCUT2D eigenvalue weighted by molar-refractivity contribution is 5.52. The van der Waals surface area contributed by atoms with Crippen LogP contribution in [0.3, 0.4) is 0 Å². The van der Waals surface area contributed by atoms with E-state index in [0.29, 0.717) is 49.2 Å².